The van der Waals surface area contributed by atoms with Crippen molar-refractivity contribution >= 4 is 22.7 Å². The highest BCUT2D eigenvalue weighted by Crippen LogP contribution is 2.15. The first-order valence-electron chi connectivity index (χ1n) is 6.94. The number of thiazole rings is 1. The molecule has 0 spiro atoms. The van der Waals surface area contributed by atoms with E-state index >= 15 is 0 Å². The molecule has 2 rings (SSSR count). The standard InChI is InChI=1S/C15H22N2S2/c1-3-16-13(10-14-11-19-12(2)17-14)6-4-7-15-8-5-9-18-15/h5,8-9,11,13,16H,3-4,6-7,10H2,1-2H3. The average molecular weight is 294 g/mol. The summed E-state index contributed by atoms with van der Waals surface area (Å²) in [5.41, 5.74) is 1.24. The number of rotatable bonds is 8. The topological polar surface area (TPSA) is 24.9 Å². The summed E-state index contributed by atoms with van der Waals surface area (Å²) in [5.74, 6) is 0. The molecule has 0 bridgehead atoms. The Bertz CT molecular complexity index is 462. The van der Waals surface area contributed by atoms with Crippen LogP contribution in [0.2, 0.25) is 0 Å². The molecule has 0 amide bonds. The quantitative estimate of drug-likeness (QED) is 0.794. The molecule has 4 heteroatoms. The zero-order valence-corrected chi connectivity index (χ0v) is 13.3. The number of likely N-dealkylation sites (N-methyl/N-ethyl adjacent to an activating group) is 1. The van der Waals surface area contributed by atoms with Crippen LogP contribution in [0.5, 0.6) is 0 Å². The molecule has 104 valence electrons. The molecule has 0 aromatic carbocycles. The summed E-state index contributed by atoms with van der Waals surface area (Å²) in [7, 11) is 0. The van der Waals surface area contributed by atoms with Gasteiger partial charge in [-0.05, 0) is 44.2 Å². The summed E-state index contributed by atoms with van der Waals surface area (Å²) in [4.78, 5) is 6.07. The highest BCUT2D eigenvalue weighted by Gasteiger charge is 2.10. The van der Waals surface area contributed by atoms with Gasteiger partial charge < -0.3 is 5.32 Å². The molecule has 2 heterocycles. The molecule has 0 radical (unpaired) electrons. The van der Waals surface area contributed by atoms with Crippen molar-refractivity contribution in [1.82, 2.24) is 10.3 Å². The molecule has 0 aliphatic rings. The van der Waals surface area contributed by atoms with E-state index in [0.29, 0.717) is 6.04 Å². The fourth-order valence-electron chi connectivity index (χ4n) is 2.30. The Morgan fingerprint density at radius 3 is 2.89 bits per heavy atom. The molecule has 2 aromatic heterocycles. The summed E-state index contributed by atoms with van der Waals surface area (Å²) in [6.45, 7) is 5.29. The molecular weight excluding hydrogens is 272 g/mol. The Hall–Kier alpha value is -0.710. The van der Waals surface area contributed by atoms with Gasteiger partial charge in [-0.25, -0.2) is 4.98 Å². The lowest BCUT2D eigenvalue weighted by atomic mass is 10.0. The lowest BCUT2D eigenvalue weighted by molar-refractivity contribution is 0.474. The van der Waals surface area contributed by atoms with Gasteiger partial charge in [-0.3, -0.25) is 0 Å². The van der Waals surface area contributed by atoms with Crippen molar-refractivity contribution in [3.63, 3.8) is 0 Å². The van der Waals surface area contributed by atoms with E-state index in [1.165, 1.54) is 34.8 Å². The van der Waals surface area contributed by atoms with E-state index in [9.17, 15) is 0 Å². The Labute approximate surface area is 123 Å². The second-order valence-corrected chi connectivity index (χ2v) is 6.88. The van der Waals surface area contributed by atoms with Crippen LogP contribution in [0.4, 0.5) is 0 Å². The second kappa shape index (κ2) is 7.78. The molecule has 2 nitrogen and oxygen atoms in total. The van der Waals surface area contributed by atoms with Gasteiger partial charge in [0, 0.05) is 22.7 Å². The molecule has 1 atom stereocenters. The molecule has 0 aliphatic carbocycles. The number of aromatic nitrogens is 1. The molecule has 19 heavy (non-hydrogen) atoms. The zero-order chi connectivity index (χ0) is 13.5. The summed E-state index contributed by atoms with van der Waals surface area (Å²) < 4.78 is 0. The predicted octanol–water partition coefficient (Wildman–Crippen LogP) is 4.06. The molecule has 1 unspecified atom stereocenters. The van der Waals surface area contributed by atoms with Gasteiger partial charge in [0.15, 0.2) is 0 Å². The van der Waals surface area contributed by atoms with Crippen LogP contribution in [0.3, 0.4) is 0 Å². The van der Waals surface area contributed by atoms with Crippen molar-refractivity contribution < 1.29 is 0 Å². The first-order valence-corrected chi connectivity index (χ1v) is 8.70. The first kappa shape index (κ1) is 14.7. The lowest BCUT2D eigenvalue weighted by Gasteiger charge is -2.16. The highest BCUT2D eigenvalue weighted by atomic mass is 32.1. The van der Waals surface area contributed by atoms with Crippen LogP contribution >= 0.6 is 22.7 Å². The van der Waals surface area contributed by atoms with E-state index in [2.05, 4.69) is 47.0 Å². The molecule has 1 N–H and O–H groups in total. The van der Waals surface area contributed by atoms with E-state index in [-0.39, 0.29) is 0 Å². The fourth-order valence-corrected chi connectivity index (χ4v) is 3.67. The minimum Gasteiger partial charge on any atom is -0.314 e. The third-order valence-electron chi connectivity index (χ3n) is 3.17. The largest absolute Gasteiger partial charge is 0.314 e. The lowest BCUT2D eigenvalue weighted by Crippen LogP contribution is -2.31. The van der Waals surface area contributed by atoms with Gasteiger partial charge in [0.05, 0.1) is 10.7 Å². The van der Waals surface area contributed by atoms with E-state index in [1.54, 1.807) is 11.3 Å². The normalized spacial score (nSPS) is 12.7. The number of nitrogens with one attached hydrogen (secondary N) is 1. The molecular formula is C15H22N2S2. The summed E-state index contributed by atoms with van der Waals surface area (Å²) in [6, 6.07) is 4.93. The highest BCUT2D eigenvalue weighted by molar-refractivity contribution is 7.10. The third-order valence-corrected chi connectivity index (χ3v) is 4.93. The van der Waals surface area contributed by atoms with Crippen LogP contribution in [0, 0.1) is 6.92 Å². The Kier molecular flexibility index (Phi) is 6.01. The maximum absolute atomic E-state index is 4.57. The van der Waals surface area contributed by atoms with Crippen LogP contribution in [-0.2, 0) is 12.8 Å². The van der Waals surface area contributed by atoms with E-state index in [4.69, 9.17) is 0 Å². The number of thiophene rings is 1. The van der Waals surface area contributed by atoms with Gasteiger partial charge in [-0.15, -0.1) is 22.7 Å². The number of hydrogen-bond acceptors (Lipinski definition) is 4. The minimum absolute atomic E-state index is 0.562. The second-order valence-electron chi connectivity index (χ2n) is 4.79. The van der Waals surface area contributed by atoms with Crippen molar-refractivity contribution in [2.24, 2.45) is 0 Å². The molecule has 0 saturated heterocycles. The number of nitrogens with zero attached hydrogens (tertiary/aromatic N) is 1. The third kappa shape index (κ3) is 5.05. The van der Waals surface area contributed by atoms with E-state index in [1.807, 2.05) is 11.3 Å². The minimum atomic E-state index is 0.562. The molecule has 0 saturated carbocycles. The van der Waals surface area contributed by atoms with Crippen molar-refractivity contribution in [3.05, 3.63) is 38.5 Å². The van der Waals surface area contributed by atoms with Crippen molar-refractivity contribution in [1.29, 1.82) is 0 Å². The Balaban J connectivity index is 1.78. The van der Waals surface area contributed by atoms with Gasteiger partial charge in [0.1, 0.15) is 0 Å². The summed E-state index contributed by atoms with van der Waals surface area (Å²) in [6.07, 6.45) is 4.74. The number of hydrogen-bond donors (Lipinski definition) is 1. The maximum atomic E-state index is 4.57. The van der Waals surface area contributed by atoms with Crippen molar-refractivity contribution in [2.75, 3.05) is 6.54 Å². The van der Waals surface area contributed by atoms with Crippen LogP contribution in [0.15, 0.2) is 22.9 Å². The fraction of sp³-hybridized carbons (Fsp3) is 0.533. The smallest absolute Gasteiger partial charge is 0.0897 e. The van der Waals surface area contributed by atoms with Crippen LogP contribution in [0.25, 0.3) is 0 Å². The van der Waals surface area contributed by atoms with E-state index in [0.717, 1.165) is 13.0 Å². The van der Waals surface area contributed by atoms with Crippen LogP contribution < -0.4 is 5.32 Å². The van der Waals surface area contributed by atoms with Gasteiger partial charge >= 0.3 is 0 Å². The summed E-state index contributed by atoms with van der Waals surface area (Å²) >= 11 is 3.61. The van der Waals surface area contributed by atoms with Crippen molar-refractivity contribution in [3.8, 4) is 0 Å². The predicted molar refractivity (Wildman–Crippen MR) is 85.3 cm³/mol. The SMILES string of the molecule is CCNC(CCCc1cccs1)Cc1csc(C)n1. The van der Waals surface area contributed by atoms with Gasteiger partial charge in [-0.1, -0.05) is 13.0 Å². The zero-order valence-electron chi connectivity index (χ0n) is 11.7. The molecule has 2 aromatic rings. The molecule has 0 aliphatic heterocycles. The van der Waals surface area contributed by atoms with Crippen LogP contribution in [0.1, 0.15) is 35.3 Å². The maximum Gasteiger partial charge on any atom is 0.0897 e. The van der Waals surface area contributed by atoms with Gasteiger partial charge in [0.25, 0.3) is 0 Å². The Morgan fingerprint density at radius 1 is 1.37 bits per heavy atom. The first-order chi connectivity index (χ1) is 9.28. The van der Waals surface area contributed by atoms with Gasteiger partial charge in [-0.2, -0.15) is 0 Å². The van der Waals surface area contributed by atoms with E-state index < -0.39 is 0 Å². The van der Waals surface area contributed by atoms with Crippen molar-refractivity contribution in [2.45, 2.75) is 45.6 Å². The molecule has 0 fully saturated rings. The van der Waals surface area contributed by atoms with Crippen LogP contribution in [-0.4, -0.2) is 17.6 Å². The Morgan fingerprint density at radius 2 is 2.26 bits per heavy atom. The summed E-state index contributed by atoms with van der Waals surface area (Å²) in [5, 5.41) is 9.11. The average Bonchev–Trinajstić information content (AvgIpc) is 3.01. The number of aryl methyl sites for hydroxylation is 2. The monoisotopic (exact) mass is 294 g/mol. The van der Waals surface area contributed by atoms with Gasteiger partial charge in [0.2, 0.25) is 0 Å².